The maximum absolute atomic E-state index is 12.4. The van der Waals surface area contributed by atoms with Gasteiger partial charge in [-0.05, 0) is 12.8 Å². The summed E-state index contributed by atoms with van der Waals surface area (Å²) >= 11 is 0. The summed E-state index contributed by atoms with van der Waals surface area (Å²) < 4.78 is 12.5. The van der Waals surface area contributed by atoms with Crippen molar-refractivity contribution in [1.82, 2.24) is 25.5 Å². The highest BCUT2D eigenvalue weighted by Crippen LogP contribution is 2.35. The molecule has 2 fully saturated rings. The van der Waals surface area contributed by atoms with Gasteiger partial charge in [-0.25, -0.2) is 4.68 Å². The third-order valence-corrected chi connectivity index (χ3v) is 5.26. The number of nitrogens with zero attached hydrogens (tertiary/aromatic N) is 4. The van der Waals surface area contributed by atoms with E-state index in [9.17, 15) is 4.79 Å². The lowest BCUT2D eigenvalue weighted by atomic mass is 9.86. The number of aromatic nitrogens is 4. The number of amides is 1. The Bertz CT molecular complexity index is 941. The number of benzene rings is 1. The molecule has 8 heteroatoms. The van der Waals surface area contributed by atoms with Crippen LogP contribution in [0.3, 0.4) is 0 Å². The highest BCUT2D eigenvalue weighted by molar-refractivity contribution is 5.92. The molecule has 1 N–H and O–H groups in total. The van der Waals surface area contributed by atoms with Crippen molar-refractivity contribution in [2.75, 3.05) is 13.2 Å². The molecule has 0 atom stereocenters. The number of nitrogens with one attached hydrogen (secondary N) is 1. The average molecular weight is 365 g/mol. The normalized spacial score (nSPS) is 22.1. The van der Waals surface area contributed by atoms with Crippen LogP contribution in [0, 0.1) is 0 Å². The SMILES string of the molecule is O=C(N[C@H]1C[C@H](n2nncc2C2COC2)C1)c1cc(-c2ccccc2)no1. The van der Waals surface area contributed by atoms with Crippen LogP contribution in [-0.4, -0.2) is 45.3 Å². The van der Waals surface area contributed by atoms with Crippen molar-refractivity contribution in [3.8, 4) is 11.3 Å². The second-order valence-electron chi connectivity index (χ2n) is 7.08. The monoisotopic (exact) mass is 365 g/mol. The predicted octanol–water partition coefficient (Wildman–Crippen LogP) is 2.18. The molecule has 1 aromatic carbocycles. The molecule has 138 valence electrons. The van der Waals surface area contributed by atoms with Crippen LogP contribution in [0.1, 0.15) is 41.1 Å². The maximum atomic E-state index is 12.4. The zero-order chi connectivity index (χ0) is 18.2. The maximum Gasteiger partial charge on any atom is 0.290 e. The predicted molar refractivity (Wildman–Crippen MR) is 95.0 cm³/mol. The van der Waals surface area contributed by atoms with E-state index in [1.807, 2.05) is 41.2 Å². The molecule has 0 bridgehead atoms. The van der Waals surface area contributed by atoms with Crippen molar-refractivity contribution in [3.05, 3.63) is 54.0 Å². The van der Waals surface area contributed by atoms with Crippen molar-refractivity contribution < 1.29 is 14.1 Å². The molecular formula is C19H19N5O3. The molecule has 5 rings (SSSR count). The molecule has 0 spiro atoms. The van der Waals surface area contributed by atoms with Crippen molar-refractivity contribution in [1.29, 1.82) is 0 Å². The van der Waals surface area contributed by atoms with Crippen LogP contribution in [0.15, 0.2) is 47.1 Å². The molecule has 0 unspecified atom stereocenters. The molecule has 2 aliphatic rings. The summed E-state index contributed by atoms with van der Waals surface area (Å²) in [6, 6.07) is 11.7. The summed E-state index contributed by atoms with van der Waals surface area (Å²) in [5.74, 6) is 0.379. The zero-order valence-electron chi connectivity index (χ0n) is 14.6. The van der Waals surface area contributed by atoms with Crippen molar-refractivity contribution in [3.63, 3.8) is 0 Å². The minimum Gasteiger partial charge on any atom is -0.380 e. The van der Waals surface area contributed by atoms with E-state index in [4.69, 9.17) is 9.26 Å². The van der Waals surface area contributed by atoms with Gasteiger partial charge in [-0.3, -0.25) is 4.79 Å². The summed E-state index contributed by atoms with van der Waals surface area (Å²) in [6.07, 6.45) is 3.48. The summed E-state index contributed by atoms with van der Waals surface area (Å²) in [5, 5.41) is 15.3. The van der Waals surface area contributed by atoms with E-state index in [1.165, 1.54) is 0 Å². The Balaban J connectivity index is 1.19. The fraction of sp³-hybridized carbons (Fsp3) is 0.368. The quantitative estimate of drug-likeness (QED) is 0.745. The Hall–Kier alpha value is -3.00. The van der Waals surface area contributed by atoms with Gasteiger partial charge in [0.15, 0.2) is 0 Å². The molecular weight excluding hydrogens is 346 g/mol. The Labute approximate surface area is 155 Å². The van der Waals surface area contributed by atoms with Gasteiger partial charge in [-0.15, -0.1) is 5.10 Å². The van der Waals surface area contributed by atoms with Crippen LogP contribution in [0.5, 0.6) is 0 Å². The van der Waals surface area contributed by atoms with Crippen LogP contribution in [-0.2, 0) is 4.74 Å². The summed E-state index contributed by atoms with van der Waals surface area (Å²) in [4.78, 5) is 12.4. The first-order chi connectivity index (χ1) is 13.3. The van der Waals surface area contributed by atoms with Crippen molar-refractivity contribution in [2.24, 2.45) is 0 Å². The van der Waals surface area contributed by atoms with Crippen LogP contribution < -0.4 is 5.32 Å². The lowest BCUT2D eigenvalue weighted by Crippen LogP contribution is -2.46. The van der Waals surface area contributed by atoms with Crippen LogP contribution in [0.25, 0.3) is 11.3 Å². The van der Waals surface area contributed by atoms with Crippen LogP contribution in [0.2, 0.25) is 0 Å². The smallest absolute Gasteiger partial charge is 0.290 e. The van der Waals surface area contributed by atoms with Crippen molar-refractivity contribution >= 4 is 5.91 Å². The summed E-state index contributed by atoms with van der Waals surface area (Å²) in [5.41, 5.74) is 2.70. The lowest BCUT2D eigenvalue weighted by Gasteiger charge is -2.37. The van der Waals surface area contributed by atoms with Gasteiger partial charge < -0.3 is 14.6 Å². The molecule has 1 amide bonds. The zero-order valence-corrected chi connectivity index (χ0v) is 14.6. The Morgan fingerprint density at radius 1 is 1.19 bits per heavy atom. The molecule has 27 heavy (non-hydrogen) atoms. The fourth-order valence-electron chi connectivity index (χ4n) is 3.52. The molecule has 1 saturated carbocycles. The lowest BCUT2D eigenvalue weighted by molar-refractivity contribution is 0.00301. The first kappa shape index (κ1) is 16.2. The van der Waals surface area contributed by atoms with E-state index >= 15 is 0 Å². The molecule has 8 nitrogen and oxygen atoms in total. The topological polar surface area (TPSA) is 95.1 Å². The largest absolute Gasteiger partial charge is 0.380 e. The van der Waals surface area contributed by atoms with Gasteiger partial charge in [-0.1, -0.05) is 40.7 Å². The first-order valence-corrected chi connectivity index (χ1v) is 9.09. The number of carbonyl (C=O) groups is 1. The minimum atomic E-state index is -0.237. The first-order valence-electron chi connectivity index (χ1n) is 9.09. The van der Waals surface area contributed by atoms with Gasteiger partial charge in [-0.2, -0.15) is 0 Å². The minimum absolute atomic E-state index is 0.0995. The fourth-order valence-corrected chi connectivity index (χ4v) is 3.52. The van der Waals surface area contributed by atoms with Crippen LogP contribution >= 0.6 is 0 Å². The Morgan fingerprint density at radius 2 is 2.00 bits per heavy atom. The number of ether oxygens (including phenoxy) is 1. The second-order valence-corrected chi connectivity index (χ2v) is 7.08. The molecule has 2 aromatic heterocycles. The van der Waals surface area contributed by atoms with E-state index in [2.05, 4.69) is 20.8 Å². The number of hydrogen-bond acceptors (Lipinski definition) is 6. The number of hydrogen-bond donors (Lipinski definition) is 1. The third-order valence-electron chi connectivity index (χ3n) is 5.26. The number of rotatable bonds is 5. The Morgan fingerprint density at radius 3 is 2.74 bits per heavy atom. The van der Waals surface area contributed by atoms with E-state index in [0.29, 0.717) is 11.6 Å². The van der Waals surface area contributed by atoms with E-state index < -0.39 is 0 Å². The molecule has 1 aliphatic heterocycles. The number of carbonyl (C=O) groups excluding carboxylic acids is 1. The Kier molecular flexibility index (Phi) is 3.97. The van der Waals surface area contributed by atoms with Crippen molar-refractivity contribution in [2.45, 2.75) is 30.8 Å². The molecule has 1 saturated heterocycles. The van der Waals surface area contributed by atoms with E-state index in [-0.39, 0.29) is 23.8 Å². The van der Waals surface area contributed by atoms with Gasteiger partial charge in [0.05, 0.1) is 31.1 Å². The molecule has 0 radical (unpaired) electrons. The summed E-state index contributed by atoms with van der Waals surface area (Å²) in [6.45, 7) is 1.46. The molecule has 3 heterocycles. The van der Waals surface area contributed by atoms with E-state index in [0.717, 1.165) is 37.3 Å². The third kappa shape index (κ3) is 3.02. The van der Waals surface area contributed by atoms with Gasteiger partial charge in [0.25, 0.3) is 5.91 Å². The van der Waals surface area contributed by atoms with Gasteiger partial charge in [0.1, 0.15) is 5.69 Å². The van der Waals surface area contributed by atoms with Gasteiger partial charge in [0.2, 0.25) is 5.76 Å². The van der Waals surface area contributed by atoms with Crippen LogP contribution in [0.4, 0.5) is 0 Å². The van der Waals surface area contributed by atoms with Gasteiger partial charge >= 0.3 is 0 Å². The standard InChI is InChI=1S/C19H19N5O3/c25-19(18-8-16(22-27-18)12-4-2-1-3-5-12)21-14-6-15(7-14)24-17(9-20-23-24)13-10-26-11-13/h1-5,8-9,13-15H,6-7,10-11H2,(H,21,25)/t14-,15-. The average Bonchev–Trinajstić information content (AvgIpc) is 3.27. The van der Waals surface area contributed by atoms with Gasteiger partial charge in [0, 0.05) is 23.6 Å². The molecule has 1 aliphatic carbocycles. The van der Waals surface area contributed by atoms with E-state index in [1.54, 1.807) is 6.07 Å². The second kappa shape index (κ2) is 6.62. The highest BCUT2D eigenvalue weighted by Gasteiger charge is 2.36. The summed E-state index contributed by atoms with van der Waals surface area (Å²) in [7, 11) is 0. The highest BCUT2D eigenvalue weighted by atomic mass is 16.5. The molecule has 3 aromatic rings.